The van der Waals surface area contributed by atoms with Gasteiger partial charge in [0, 0.05) is 12.6 Å². The minimum absolute atomic E-state index is 0.196. The highest BCUT2D eigenvalue weighted by atomic mass is 16.5. The molecule has 0 aromatic heterocycles. The van der Waals surface area contributed by atoms with Gasteiger partial charge in [-0.3, -0.25) is 0 Å². The monoisotopic (exact) mass is 210 g/mol. The molecule has 0 saturated heterocycles. The van der Waals surface area contributed by atoms with Crippen molar-refractivity contribution in [2.45, 2.75) is 6.04 Å². The lowest BCUT2D eigenvalue weighted by molar-refractivity contribution is 0.193. The lowest BCUT2D eigenvalue weighted by Crippen LogP contribution is -2.30. The van der Waals surface area contributed by atoms with Crippen LogP contribution in [0.2, 0.25) is 0 Å². The third-order valence-corrected chi connectivity index (χ3v) is 2.02. The number of rotatable bonds is 4. The largest absolute Gasteiger partial charge is 0.497 e. The number of carboxylic acid groups (broad SMARTS) is 1. The number of methoxy groups -OCH3 is 1. The number of hydrogen-bond acceptors (Lipinski definition) is 3. The second-order valence-corrected chi connectivity index (χ2v) is 3.07. The molecule has 1 rings (SSSR count). The van der Waals surface area contributed by atoms with Gasteiger partial charge in [0.2, 0.25) is 0 Å². The zero-order chi connectivity index (χ0) is 11.3. The van der Waals surface area contributed by atoms with Gasteiger partial charge in [-0.25, -0.2) is 4.79 Å². The average Bonchev–Trinajstić information content (AvgIpc) is 2.26. The molecule has 0 heterocycles. The second-order valence-electron chi connectivity index (χ2n) is 3.07. The van der Waals surface area contributed by atoms with Gasteiger partial charge in [0.25, 0.3) is 0 Å². The van der Waals surface area contributed by atoms with Crippen molar-refractivity contribution in [2.24, 2.45) is 5.73 Å². The van der Waals surface area contributed by atoms with Gasteiger partial charge in [-0.2, -0.15) is 0 Å². The van der Waals surface area contributed by atoms with Gasteiger partial charge in [-0.05, 0) is 17.7 Å². The summed E-state index contributed by atoms with van der Waals surface area (Å²) >= 11 is 0. The van der Waals surface area contributed by atoms with E-state index in [9.17, 15) is 4.79 Å². The Morgan fingerprint density at radius 1 is 1.53 bits per heavy atom. The van der Waals surface area contributed by atoms with Crippen molar-refractivity contribution < 1.29 is 14.6 Å². The molecular formula is C10H14N2O3. The Morgan fingerprint density at radius 3 is 2.60 bits per heavy atom. The number of nitrogens with two attached hydrogens (primary N) is 1. The molecule has 5 heteroatoms. The van der Waals surface area contributed by atoms with Crippen LogP contribution in [0.15, 0.2) is 24.3 Å². The van der Waals surface area contributed by atoms with E-state index in [2.05, 4.69) is 5.32 Å². The summed E-state index contributed by atoms with van der Waals surface area (Å²) in [4.78, 5) is 10.2. The first-order valence-corrected chi connectivity index (χ1v) is 4.50. The number of benzene rings is 1. The smallest absolute Gasteiger partial charge is 0.404 e. The molecule has 1 aromatic rings. The first-order valence-electron chi connectivity index (χ1n) is 4.50. The first-order chi connectivity index (χ1) is 7.13. The van der Waals surface area contributed by atoms with Crippen molar-refractivity contribution in [3.05, 3.63) is 29.8 Å². The topological polar surface area (TPSA) is 84.6 Å². The summed E-state index contributed by atoms with van der Waals surface area (Å²) in [5.41, 5.74) is 6.63. The second kappa shape index (κ2) is 5.21. The highest BCUT2D eigenvalue weighted by Crippen LogP contribution is 2.15. The Kier molecular flexibility index (Phi) is 3.93. The summed E-state index contributed by atoms with van der Waals surface area (Å²) in [6.45, 7) is 0.196. The lowest BCUT2D eigenvalue weighted by Gasteiger charge is -2.12. The third-order valence-electron chi connectivity index (χ3n) is 2.02. The predicted octanol–water partition coefficient (Wildman–Crippen LogP) is 0.963. The van der Waals surface area contributed by atoms with Crippen molar-refractivity contribution in [3.8, 4) is 5.75 Å². The Balaban J connectivity index is 2.57. The van der Waals surface area contributed by atoms with E-state index in [1.54, 1.807) is 19.2 Å². The van der Waals surface area contributed by atoms with Crippen LogP contribution in [0.1, 0.15) is 11.6 Å². The first kappa shape index (κ1) is 11.3. The standard InChI is InChI=1S/C10H14N2O3/c1-15-8-4-2-7(3-5-8)9(11)6-12-10(13)14/h2-5,9,12H,6,11H2,1H3,(H,13,14). The molecule has 0 fully saturated rings. The SMILES string of the molecule is COc1ccc(C(N)CNC(=O)O)cc1. The third kappa shape index (κ3) is 3.47. The molecular weight excluding hydrogens is 196 g/mol. The molecule has 0 saturated carbocycles. The number of amides is 1. The number of carbonyl (C=O) groups is 1. The fourth-order valence-corrected chi connectivity index (χ4v) is 1.17. The number of ether oxygens (including phenoxy) is 1. The Hall–Kier alpha value is -1.75. The number of nitrogens with one attached hydrogen (secondary N) is 1. The van der Waals surface area contributed by atoms with Crippen molar-refractivity contribution in [1.29, 1.82) is 0 Å². The van der Waals surface area contributed by atoms with Crippen LogP contribution in [-0.4, -0.2) is 24.9 Å². The molecule has 1 aromatic carbocycles. The summed E-state index contributed by atoms with van der Waals surface area (Å²) in [6, 6.07) is 6.86. The molecule has 0 bridgehead atoms. The van der Waals surface area contributed by atoms with Crippen molar-refractivity contribution in [1.82, 2.24) is 5.32 Å². The van der Waals surface area contributed by atoms with Crippen molar-refractivity contribution in [3.63, 3.8) is 0 Å². The molecule has 15 heavy (non-hydrogen) atoms. The lowest BCUT2D eigenvalue weighted by atomic mass is 10.1. The van der Waals surface area contributed by atoms with Gasteiger partial charge < -0.3 is 20.9 Å². The summed E-state index contributed by atoms with van der Waals surface area (Å²) in [7, 11) is 1.58. The highest BCUT2D eigenvalue weighted by molar-refractivity contribution is 5.64. The minimum Gasteiger partial charge on any atom is -0.497 e. The van der Waals surface area contributed by atoms with E-state index in [1.807, 2.05) is 12.1 Å². The highest BCUT2D eigenvalue weighted by Gasteiger charge is 2.06. The molecule has 0 aliphatic heterocycles. The fourth-order valence-electron chi connectivity index (χ4n) is 1.17. The van der Waals surface area contributed by atoms with Gasteiger partial charge in [0.15, 0.2) is 0 Å². The van der Waals surface area contributed by atoms with Crippen LogP contribution in [0.25, 0.3) is 0 Å². The van der Waals surface area contributed by atoms with Gasteiger partial charge >= 0.3 is 6.09 Å². The van der Waals surface area contributed by atoms with Gasteiger partial charge in [-0.15, -0.1) is 0 Å². The van der Waals surface area contributed by atoms with E-state index in [0.29, 0.717) is 0 Å². The Labute approximate surface area is 87.9 Å². The van der Waals surface area contributed by atoms with Crippen LogP contribution in [0, 0.1) is 0 Å². The van der Waals surface area contributed by atoms with E-state index in [1.165, 1.54) is 0 Å². The van der Waals surface area contributed by atoms with E-state index in [4.69, 9.17) is 15.6 Å². The maximum Gasteiger partial charge on any atom is 0.404 e. The quantitative estimate of drug-likeness (QED) is 0.691. The molecule has 0 spiro atoms. The Morgan fingerprint density at radius 2 is 2.13 bits per heavy atom. The zero-order valence-electron chi connectivity index (χ0n) is 8.43. The van der Waals surface area contributed by atoms with E-state index >= 15 is 0 Å². The molecule has 82 valence electrons. The molecule has 1 amide bonds. The van der Waals surface area contributed by atoms with Crippen LogP contribution in [0.3, 0.4) is 0 Å². The van der Waals surface area contributed by atoms with Crippen molar-refractivity contribution in [2.75, 3.05) is 13.7 Å². The predicted molar refractivity (Wildman–Crippen MR) is 55.9 cm³/mol. The average molecular weight is 210 g/mol. The van der Waals surface area contributed by atoms with E-state index in [-0.39, 0.29) is 12.6 Å². The summed E-state index contributed by atoms with van der Waals surface area (Å²) in [6.07, 6.45) is -1.07. The molecule has 0 radical (unpaired) electrons. The van der Waals surface area contributed by atoms with Gasteiger partial charge in [0.05, 0.1) is 7.11 Å². The van der Waals surface area contributed by atoms with Gasteiger partial charge in [0.1, 0.15) is 5.75 Å². The van der Waals surface area contributed by atoms with Crippen LogP contribution in [0.4, 0.5) is 4.79 Å². The van der Waals surface area contributed by atoms with E-state index in [0.717, 1.165) is 11.3 Å². The minimum atomic E-state index is -1.07. The summed E-state index contributed by atoms with van der Waals surface area (Å²) < 4.78 is 5.00. The summed E-state index contributed by atoms with van der Waals surface area (Å²) in [5.74, 6) is 0.747. The van der Waals surface area contributed by atoms with Crippen molar-refractivity contribution >= 4 is 6.09 Å². The van der Waals surface area contributed by atoms with E-state index < -0.39 is 6.09 Å². The maximum atomic E-state index is 10.2. The van der Waals surface area contributed by atoms with Crippen LogP contribution in [-0.2, 0) is 0 Å². The van der Waals surface area contributed by atoms with Gasteiger partial charge in [-0.1, -0.05) is 12.1 Å². The molecule has 1 unspecified atom stereocenters. The Bertz CT molecular complexity index is 324. The molecule has 0 aliphatic carbocycles. The molecule has 0 aliphatic rings. The summed E-state index contributed by atoms with van der Waals surface area (Å²) in [5, 5.41) is 10.6. The van der Waals surface area contributed by atoms with Crippen LogP contribution < -0.4 is 15.8 Å². The van der Waals surface area contributed by atoms with Crippen LogP contribution >= 0.6 is 0 Å². The fraction of sp³-hybridized carbons (Fsp3) is 0.300. The normalized spacial score (nSPS) is 11.9. The zero-order valence-corrected chi connectivity index (χ0v) is 8.43. The molecule has 1 atom stereocenters. The number of hydrogen-bond donors (Lipinski definition) is 3. The molecule has 4 N–H and O–H groups in total. The maximum absolute atomic E-state index is 10.2. The molecule has 5 nitrogen and oxygen atoms in total. The van der Waals surface area contributed by atoms with Crippen LogP contribution in [0.5, 0.6) is 5.75 Å².